The molecule has 7 nitrogen and oxygen atoms in total. The van der Waals surface area contributed by atoms with Crippen LogP contribution in [-0.4, -0.2) is 59.9 Å². The van der Waals surface area contributed by atoms with Crippen molar-refractivity contribution in [2.75, 3.05) is 26.3 Å². The van der Waals surface area contributed by atoms with Gasteiger partial charge in [-0.2, -0.15) is 0 Å². The van der Waals surface area contributed by atoms with Gasteiger partial charge in [0.05, 0.1) is 6.61 Å². The van der Waals surface area contributed by atoms with Gasteiger partial charge < -0.3 is 14.6 Å². The smallest absolute Gasteiger partial charge is 0.266 e. The van der Waals surface area contributed by atoms with Gasteiger partial charge in [-0.05, 0) is 44.0 Å². The van der Waals surface area contributed by atoms with Crippen molar-refractivity contribution in [1.82, 2.24) is 10.4 Å². The minimum absolute atomic E-state index is 0.103. The Morgan fingerprint density at radius 1 is 1.38 bits per heavy atom. The molecule has 0 aromatic heterocycles. The topological polar surface area (TPSA) is 83.4 Å². The molecular weight excluding hydrogens is 370 g/mol. The van der Waals surface area contributed by atoms with E-state index in [1.54, 1.807) is 6.08 Å². The number of aliphatic imine (C=N–C) groups is 1. The summed E-state index contributed by atoms with van der Waals surface area (Å²) in [4.78, 5) is 17.9. The number of carbonyl (C=O) groups is 1. The quantitative estimate of drug-likeness (QED) is 0.491. The van der Waals surface area contributed by atoms with Crippen molar-refractivity contribution in [2.45, 2.75) is 50.7 Å². The van der Waals surface area contributed by atoms with Crippen molar-refractivity contribution in [3.05, 3.63) is 42.5 Å². The van der Waals surface area contributed by atoms with Gasteiger partial charge in [-0.25, -0.2) is 10.0 Å². The highest BCUT2D eigenvalue weighted by Gasteiger charge is 2.49. The van der Waals surface area contributed by atoms with Crippen LogP contribution in [0, 0.1) is 0 Å². The fourth-order valence-corrected chi connectivity index (χ4v) is 3.65. The van der Waals surface area contributed by atoms with Crippen LogP contribution in [-0.2, 0) is 9.53 Å². The highest BCUT2D eigenvalue weighted by atomic mass is 16.5. The molecular formula is C22H31N3O4. The number of nitrogens with one attached hydrogen (secondary N) is 1. The Morgan fingerprint density at radius 2 is 2.10 bits per heavy atom. The maximum atomic E-state index is 13.2. The number of carbonyl (C=O) groups excluding carboxylic acids is 1. The summed E-state index contributed by atoms with van der Waals surface area (Å²) in [6, 6.07) is 7.41. The van der Waals surface area contributed by atoms with Gasteiger partial charge in [0.25, 0.3) is 5.91 Å². The van der Waals surface area contributed by atoms with E-state index in [0.29, 0.717) is 31.1 Å². The SMILES string of the molecule is C=CC[C@]1(C(=O)NN2CCCCC2)N=C(c2ccc(OCCCO)cc2)O[C@H]1C. The Kier molecular flexibility index (Phi) is 7.28. The molecule has 7 heteroatoms. The van der Waals surface area contributed by atoms with E-state index in [2.05, 4.69) is 12.0 Å². The van der Waals surface area contributed by atoms with Crippen molar-refractivity contribution in [3.63, 3.8) is 0 Å². The first-order chi connectivity index (χ1) is 14.1. The van der Waals surface area contributed by atoms with Gasteiger partial charge in [-0.1, -0.05) is 12.5 Å². The second-order valence-corrected chi connectivity index (χ2v) is 7.53. The summed E-state index contributed by atoms with van der Waals surface area (Å²) in [6.07, 6.45) is 5.68. The number of ether oxygens (including phenoxy) is 2. The third-order valence-electron chi connectivity index (χ3n) is 5.40. The highest BCUT2D eigenvalue weighted by Crippen LogP contribution is 2.33. The van der Waals surface area contributed by atoms with Crippen LogP contribution in [0.15, 0.2) is 41.9 Å². The molecule has 0 radical (unpaired) electrons. The summed E-state index contributed by atoms with van der Waals surface area (Å²) in [5, 5.41) is 10.8. The Balaban J connectivity index is 1.75. The van der Waals surface area contributed by atoms with E-state index in [9.17, 15) is 4.79 Å². The fourth-order valence-electron chi connectivity index (χ4n) is 3.65. The first-order valence-corrected chi connectivity index (χ1v) is 10.4. The standard InChI is InChI=1S/C22H31N3O4/c1-3-12-22(21(27)24-25-13-5-4-6-14-25)17(2)29-20(23-22)18-8-10-19(11-9-18)28-16-7-15-26/h3,8-11,17,26H,1,4-7,12-16H2,2H3,(H,24,27)/t17-,22-/m0/s1. The van der Waals surface area contributed by atoms with Crippen LogP contribution in [0.3, 0.4) is 0 Å². The van der Waals surface area contributed by atoms with Gasteiger partial charge >= 0.3 is 0 Å². The predicted octanol–water partition coefficient (Wildman–Crippen LogP) is 2.45. The summed E-state index contributed by atoms with van der Waals surface area (Å²) in [5.41, 5.74) is 2.82. The summed E-state index contributed by atoms with van der Waals surface area (Å²) < 4.78 is 11.6. The van der Waals surface area contributed by atoms with Gasteiger partial charge in [-0.3, -0.25) is 10.2 Å². The molecule has 0 unspecified atom stereocenters. The molecule has 1 saturated heterocycles. The van der Waals surface area contributed by atoms with Crippen LogP contribution in [0.25, 0.3) is 0 Å². The highest BCUT2D eigenvalue weighted by molar-refractivity contribution is 6.00. The molecule has 2 N–H and O–H groups in total. The van der Waals surface area contributed by atoms with Gasteiger partial charge in [0, 0.05) is 38.1 Å². The first-order valence-electron chi connectivity index (χ1n) is 10.4. The third-order valence-corrected chi connectivity index (χ3v) is 5.40. The molecule has 1 aromatic rings. The van der Waals surface area contributed by atoms with Crippen molar-refractivity contribution in [1.29, 1.82) is 0 Å². The maximum Gasteiger partial charge on any atom is 0.266 e. The number of hydrogen-bond donors (Lipinski definition) is 2. The van der Waals surface area contributed by atoms with Gasteiger partial charge in [0.2, 0.25) is 5.90 Å². The van der Waals surface area contributed by atoms with E-state index in [4.69, 9.17) is 19.6 Å². The average molecular weight is 402 g/mol. The molecule has 1 aromatic carbocycles. The van der Waals surface area contributed by atoms with Crippen LogP contribution in [0.2, 0.25) is 0 Å². The summed E-state index contributed by atoms with van der Waals surface area (Å²) in [7, 11) is 0. The Morgan fingerprint density at radius 3 is 2.76 bits per heavy atom. The number of rotatable bonds is 9. The second kappa shape index (κ2) is 9.89. The molecule has 29 heavy (non-hydrogen) atoms. The maximum absolute atomic E-state index is 13.2. The molecule has 1 amide bonds. The third kappa shape index (κ3) is 4.97. The van der Waals surface area contributed by atoms with Gasteiger partial charge in [0.1, 0.15) is 11.9 Å². The lowest BCUT2D eigenvalue weighted by atomic mass is 9.89. The van der Waals surface area contributed by atoms with Crippen LogP contribution in [0.5, 0.6) is 5.75 Å². The molecule has 1 fully saturated rings. The van der Waals surface area contributed by atoms with E-state index >= 15 is 0 Å². The number of hydrazine groups is 1. The van der Waals surface area contributed by atoms with Crippen molar-refractivity contribution >= 4 is 11.8 Å². The first kappa shape index (κ1) is 21.3. The average Bonchev–Trinajstić information content (AvgIpc) is 3.07. The van der Waals surface area contributed by atoms with Crippen molar-refractivity contribution in [3.8, 4) is 5.75 Å². The zero-order valence-electron chi connectivity index (χ0n) is 17.1. The van der Waals surface area contributed by atoms with Crippen LogP contribution < -0.4 is 10.2 Å². The van der Waals surface area contributed by atoms with E-state index in [1.165, 1.54) is 6.42 Å². The summed E-state index contributed by atoms with van der Waals surface area (Å²) in [5.74, 6) is 1.02. The van der Waals surface area contributed by atoms with Crippen molar-refractivity contribution < 1.29 is 19.4 Å². The zero-order chi connectivity index (χ0) is 20.7. The molecule has 0 spiro atoms. The number of nitrogens with zero attached hydrogens (tertiary/aromatic N) is 2. The summed E-state index contributed by atoms with van der Waals surface area (Å²) >= 11 is 0. The van der Waals surface area contributed by atoms with Crippen LogP contribution in [0.1, 0.15) is 44.6 Å². The molecule has 0 saturated carbocycles. The van der Waals surface area contributed by atoms with E-state index in [1.807, 2.05) is 36.2 Å². The lowest BCUT2D eigenvalue weighted by molar-refractivity contribution is -0.133. The van der Waals surface area contributed by atoms with E-state index in [-0.39, 0.29) is 12.5 Å². The fraction of sp³-hybridized carbons (Fsp3) is 0.545. The number of aliphatic hydroxyl groups excluding tert-OH is 1. The second-order valence-electron chi connectivity index (χ2n) is 7.53. The molecule has 2 aliphatic rings. The zero-order valence-corrected chi connectivity index (χ0v) is 17.1. The minimum atomic E-state index is -1.02. The number of aliphatic hydroxyl groups is 1. The van der Waals surface area contributed by atoms with Crippen LogP contribution in [0.4, 0.5) is 0 Å². The Labute approximate surface area is 172 Å². The Hall–Kier alpha value is -2.38. The minimum Gasteiger partial charge on any atom is -0.494 e. The molecule has 0 aliphatic carbocycles. The van der Waals surface area contributed by atoms with Crippen molar-refractivity contribution in [2.24, 2.45) is 4.99 Å². The van der Waals surface area contributed by atoms with E-state index in [0.717, 1.165) is 31.5 Å². The molecule has 158 valence electrons. The van der Waals surface area contributed by atoms with Crippen LogP contribution >= 0.6 is 0 Å². The lowest BCUT2D eigenvalue weighted by Crippen LogP contribution is -2.56. The monoisotopic (exact) mass is 401 g/mol. The Bertz CT molecular complexity index is 728. The molecule has 0 bridgehead atoms. The lowest BCUT2D eigenvalue weighted by Gasteiger charge is -2.32. The predicted molar refractivity (Wildman–Crippen MR) is 112 cm³/mol. The molecule has 2 heterocycles. The summed E-state index contributed by atoms with van der Waals surface area (Å²) in [6.45, 7) is 7.99. The van der Waals surface area contributed by atoms with E-state index < -0.39 is 11.6 Å². The normalized spacial score (nSPS) is 24.5. The number of piperidine rings is 1. The largest absolute Gasteiger partial charge is 0.494 e. The molecule has 3 rings (SSSR count). The number of amides is 1. The molecule has 2 atom stereocenters. The van der Waals surface area contributed by atoms with Gasteiger partial charge in [-0.15, -0.1) is 6.58 Å². The number of hydrogen-bond acceptors (Lipinski definition) is 6. The molecule has 2 aliphatic heterocycles. The number of benzene rings is 1. The van der Waals surface area contributed by atoms with Gasteiger partial charge in [0.15, 0.2) is 5.54 Å².